The molecule has 1 fully saturated rings. The van der Waals surface area contributed by atoms with Crippen LogP contribution in [0.25, 0.3) is 0 Å². The molecular weight excluding hydrogens is 286 g/mol. The van der Waals surface area contributed by atoms with Gasteiger partial charge in [0, 0.05) is 18.8 Å². The molecule has 0 radical (unpaired) electrons. The van der Waals surface area contributed by atoms with Crippen LogP contribution in [0, 0.1) is 5.92 Å². The molecule has 1 heterocycles. The fraction of sp³-hybridized carbons (Fsp3) is 0.733. The lowest BCUT2D eigenvalue weighted by atomic mass is 10.0. The Morgan fingerprint density at radius 2 is 2.05 bits per heavy atom. The minimum atomic E-state index is -1.02. The van der Waals surface area contributed by atoms with Gasteiger partial charge in [0.25, 0.3) is 0 Å². The van der Waals surface area contributed by atoms with Gasteiger partial charge in [0.1, 0.15) is 6.04 Å². The molecule has 2 N–H and O–H groups in total. The van der Waals surface area contributed by atoms with Crippen LogP contribution in [0.1, 0.15) is 63.6 Å². The third kappa shape index (κ3) is 4.29. The molecule has 0 bridgehead atoms. The molecule has 1 aromatic heterocycles. The highest BCUT2D eigenvalue weighted by Crippen LogP contribution is 2.32. The predicted molar refractivity (Wildman–Crippen MR) is 78.2 cm³/mol. The Kier molecular flexibility index (Phi) is 5.51. The standard InChI is InChI=1S/C15H23N3O4/c1-9(2)13(15(20)21)16-11(19)7-8-12-17-14(18-22-12)10-5-3-4-6-10/h9-10,13H,3-8H2,1-2H3,(H,16,19)(H,20,21)/t13-/m1/s1. The maximum Gasteiger partial charge on any atom is 0.326 e. The van der Waals surface area contributed by atoms with Crippen molar-refractivity contribution in [1.29, 1.82) is 0 Å². The van der Waals surface area contributed by atoms with Crippen LogP contribution in [-0.2, 0) is 16.0 Å². The van der Waals surface area contributed by atoms with Gasteiger partial charge in [-0.15, -0.1) is 0 Å². The van der Waals surface area contributed by atoms with Crippen molar-refractivity contribution in [3.63, 3.8) is 0 Å². The number of hydrogen-bond donors (Lipinski definition) is 2. The van der Waals surface area contributed by atoms with Crippen LogP contribution in [0.3, 0.4) is 0 Å². The summed E-state index contributed by atoms with van der Waals surface area (Å²) in [6.45, 7) is 3.51. The number of carboxylic acid groups (broad SMARTS) is 1. The second-order valence-corrected chi connectivity index (χ2v) is 6.16. The molecule has 122 valence electrons. The van der Waals surface area contributed by atoms with Crippen LogP contribution in [-0.4, -0.2) is 33.2 Å². The number of rotatable bonds is 7. The van der Waals surface area contributed by atoms with Crippen molar-refractivity contribution in [2.24, 2.45) is 5.92 Å². The Balaban J connectivity index is 1.82. The molecule has 1 aliphatic rings. The zero-order valence-corrected chi connectivity index (χ0v) is 13.0. The van der Waals surface area contributed by atoms with E-state index in [1.165, 1.54) is 12.8 Å². The first kappa shape index (κ1) is 16.5. The first-order valence-corrected chi connectivity index (χ1v) is 7.82. The summed E-state index contributed by atoms with van der Waals surface area (Å²) in [6, 6.07) is -0.871. The summed E-state index contributed by atoms with van der Waals surface area (Å²) in [6.07, 6.45) is 5.05. The summed E-state index contributed by atoms with van der Waals surface area (Å²) in [7, 11) is 0. The van der Waals surface area contributed by atoms with Gasteiger partial charge in [-0.05, 0) is 18.8 Å². The second kappa shape index (κ2) is 7.38. The maximum absolute atomic E-state index is 11.8. The van der Waals surface area contributed by atoms with Gasteiger partial charge in [-0.2, -0.15) is 4.98 Å². The predicted octanol–water partition coefficient (Wildman–Crippen LogP) is 1.89. The second-order valence-electron chi connectivity index (χ2n) is 6.16. The van der Waals surface area contributed by atoms with Gasteiger partial charge in [0.15, 0.2) is 5.82 Å². The monoisotopic (exact) mass is 309 g/mol. The van der Waals surface area contributed by atoms with Crippen LogP contribution in [0.2, 0.25) is 0 Å². The smallest absolute Gasteiger partial charge is 0.326 e. The molecule has 0 spiro atoms. The molecule has 22 heavy (non-hydrogen) atoms. The van der Waals surface area contributed by atoms with Gasteiger partial charge >= 0.3 is 5.97 Å². The largest absolute Gasteiger partial charge is 0.480 e. The number of carboxylic acids is 1. The number of hydrogen-bond acceptors (Lipinski definition) is 5. The summed E-state index contributed by atoms with van der Waals surface area (Å²) >= 11 is 0. The minimum Gasteiger partial charge on any atom is -0.480 e. The van der Waals surface area contributed by atoms with Gasteiger partial charge in [-0.1, -0.05) is 31.8 Å². The van der Waals surface area contributed by atoms with E-state index in [0.717, 1.165) is 18.7 Å². The van der Waals surface area contributed by atoms with E-state index in [2.05, 4.69) is 15.5 Å². The molecule has 0 aliphatic heterocycles. The summed E-state index contributed by atoms with van der Waals surface area (Å²) in [5.41, 5.74) is 0. The van der Waals surface area contributed by atoms with E-state index in [9.17, 15) is 9.59 Å². The Morgan fingerprint density at radius 1 is 1.36 bits per heavy atom. The number of nitrogens with zero attached hydrogens (tertiary/aromatic N) is 2. The first-order valence-electron chi connectivity index (χ1n) is 7.82. The summed E-state index contributed by atoms with van der Waals surface area (Å²) < 4.78 is 5.17. The van der Waals surface area contributed by atoms with E-state index in [-0.39, 0.29) is 18.2 Å². The van der Waals surface area contributed by atoms with Crippen LogP contribution >= 0.6 is 0 Å². The van der Waals surface area contributed by atoms with Crippen molar-refractivity contribution in [1.82, 2.24) is 15.5 Å². The van der Waals surface area contributed by atoms with E-state index in [4.69, 9.17) is 9.63 Å². The van der Waals surface area contributed by atoms with Gasteiger partial charge in [0.2, 0.25) is 11.8 Å². The zero-order chi connectivity index (χ0) is 16.1. The van der Waals surface area contributed by atoms with E-state index in [1.54, 1.807) is 13.8 Å². The average molecular weight is 309 g/mol. The number of aryl methyl sites for hydroxylation is 1. The van der Waals surface area contributed by atoms with Gasteiger partial charge < -0.3 is 14.9 Å². The maximum atomic E-state index is 11.8. The number of aromatic nitrogens is 2. The summed E-state index contributed by atoms with van der Waals surface area (Å²) in [5, 5.41) is 15.5. The normalized spacial score (nSPS) is 16.9. The molecule has 0 aromatic carbocycles. The number of aliphatic carboxylic acids is 1. The Bertz CT molecular complexity index is 521. The average Bonchev–Trinajstić information content (AvgIpc) is 3.12. The molecule has 1 atom stereocenters. The SMILES string of the molecule is CC(C)[C@@H](NC(=O)CCc1nc(C2CCCC2)no1)C(=O)O. The van der Waals surface area contributed by atoms with Crippen LogP contribution < -0.4 is 5.32 Å². The van der Waals surface area contributed by atoms with E-state index >= 15 is 0 Å². The summed E-state index contributed by atoms with van der Waals surface area (Å²) in [4.78, 5) is 27.2. The van der Waals surface area contributed by atoms with Crippen molar-refractivity contribution in [3.05, 3.63) is 11.7 Å². The fourth-order valence-electron chi connectivity index (χ4n) is 2.70. The van der Waals surface area contributed by atoms with Gasteiger partial charge in [-0.3, -0.25) is 4.79 Å². The molecule has 0 unspecified atom stereocenters. The van der Waals surface area contributed by atoms with Crippen molar-refractivity contribution < 1.29 is 19.2 Å². The molecule has 1 saturated carbocycles. The van der Waals surface area contributed by atoms with Crippen molar-refractivity contribution in [3.8, 4) is 0 Å². The third-order valence-corrected chi connectivity index (χ3v) is 4.02. The summed E-state index contributed by atoms with van der Waals surface area (Å²) in [5.74, 6) is 0.0424. The molecule has 1 amide bonds. The Morgan fingerprint density at radius 3 is 2.64 bits per heavy atom. The zero-order valence-electron chi connectivity index (χ0n) is 13.0. The van der Waals surface area contributed by atoms with Gasteiger partial charge in [0.05, 0.1) is 0 Å². The van der Waals surface area contributed by atoms with E-state index in [0.29, 0.717) is 18.2 Å². The van der Waals surface area contributed by atoms with Gasteiger partial charge in [-0.25, -0.2) is 4.79 Å². The Labute approximate surface area is 129 Å². The van der Waals surface area contributed by atoms with E-state index < -0.39 is 12.0 Å². The number of nitrogens with one attached hydrogen (secondary N) is 1. The quantitative estimate of drug-likeness (QED) is 0.796. The van der Waals surface area contributed by atoms with Crippen molar-refractivity contribution in [2.75, 3.05) is 0 Å². The number of carbonyl (C=O) groups is 2. The third-order valence-electron chi connectivity index (χ3n) is 4.02. The highest BCUT2D eigenvalue weighted by Gasteiger charge is 2.24. The lowest BCUT2D eigenvalue weighted by Crippen LogP contribution is -2.44. The highest BCUT2D eigenvalue weighted by atomic mass is 16.5. The number of carbonyl (C=O) groups excluding carboxylic acids is 1. The van der Waals surface area contributed by atoms with Crippen LogP contribution in [0.15, 0.2) is 4.52 Å². The molecule has 7 nitrogen and oxygen atoms in total. The van der Waals surface area contributed by atoms with Crippen molar-refractivity contribution in [2.45, 2.75) is 64.3 Å². The highest BCUT2D eigenvalue weighted by molar-refractivity contribution is 5.83. The van der Waals surface area contributed by atoms with Crippen molar-refractivity contribution >= 4 is 11.9 Å². The lowest BCUT2D eigenvalue weighted by molar-refractivity contribution is -0.143. The number of amides is 1. The molecule has 7 heteroatoms. The Hall–Kier alpha value is -1.92. The molecule has 1 aliphatic carbocycles. The minimum absolute atomic E-state index is 0.142. The first-order chi connectivity index (χ1) is 10.5. The topological polar surface area (TPSA) is 105 Å². The molecule has 2 rings (SSSR count). The van der Waals surface area contributed by atoms with E-state index in [1.807, 2.05) is 0 Å². The fourth-order valence-corrected chi connectivity index (χ4v) is 2.70. The van der Waals surface area contributed by atoms with Crippen LogP contribution in [0.4, 0.5) is 0 Å². The van der Waals surface area contributed by atoms with Crippen LogP contribution in [0.5, 0.6) is 0 Å². The molecule has 1 aromatic rings. The molecular formula is C15H23N3O4. The molecule has 0 saturated heterocycles. The lowest BCUT2D eigenvalue weighted by Gasteiger charge is -2.17.